The Morgan fingerprint density at radius 3 is 1.21 bits per heavy atom. The van der Waals surface area contributed by atoms with Crippen LogP contribution in [0.1, 0.15) is 26.7 Å². The summed E-state index contributed by atoms with van der Waals surface area (Å²) in [5, 5.41) is 4.06. The first-order chi connectivity index (χ1) is 13.7. The molecule has 1 saturated heterocycles. The van der Waals surface area contributed by atoms with Crippen molar-refractivity contribution >= 4 is 35.6 Å². The first-order valence-electron chi connectivity index (χ1n) is 8.61. The molecular formula is C18H24N2O9. The standard InChI is InChI=1S/C6H10O4.2C4H3NO2.C4H8O/c1-5(7)9-3-4-10-6(2)8;2*6-3-1-2-4(7)5-3;1-2-4-5-3-1/h3-4H2,1-2H3;2*1-2H,(H,5,6,7);1-4H2. The normalized spacial score (nSPS) is 15.7. The van der Waals surface area contributed by atoms with E-state index >= 15 is 0 Å². The van der Waals surface area contributed by atoms with Crippen LogP contribution < -0.4 is 10.6 Å². The number of carbonyl (C=O) groups excluding carboxylic acids is 6. The molecule has 3 heterocycles. The van der Waals surface area contributed by atoms with Gasteiger partial charge in [0.05, 0.1) is 0 Å². The van der Waals surface area contributed by atoms with Gasteiger partial charge in [-0.3, -0.25) is 39.4 Å². The van der Waals surface area contributed by atoms with E-state index in [1.807, 2.05) is 10.6 Å². The molecule has 3 rings (SSSR count). The van der Waals surface area contributed by atoms with E-state index in [9.17, 15) is 28.8 Å². The summed E-state index contributed by atoms with van der Waals surface area (Å²) in [5.74, 6) is -2.05. The van der Waals surface area contributed by atoms with Gasteiger partial charge < -0.3 is 14.2 Å². The molecule has 0 aromatic carbocycles. The number of amides is 4. The molecule has 0 spiro atoms. The Morgan fingerprint density at radius 2 is 1.07 bits per heavy atom. The van der Waals surface area contributed by atoms with Gasteiger partial charge in [0.2, 0.25) is 0 Å². The highest BCUT2D eigenvalue weighted by Gasteiger charge is 2.07. The van der Waals surface area contributed by atoms with Crippen LogP contribution in [0.15, 0.2) is 24.3 Å². The van der Waals surface area contributed by atoms with Gasteiger partial charge in [0.25, 0.3) is 23.6 Å². The van der Waals surface area contributed by atoms with Crippen LogP contribution >= 0.6 is 0 Å². The van der Waals surface area contributed by atoms with Crippen LogP contribution in [-0.4, -0.2) is 62.0 Å². The molecule has 0 aromatic heterocycles. The van der Waals surface area contributed by atoms with Crippen LogP contribution in [-0.2, 0) is 43.0 Å². The molecule has 0 atom stereocenters. The number of nitrogens with one attached hydrogen (secondary N) is 2. The van der Waals surface area contributed by atoms with Crippen molar-refractivity contribution in [1.82, 2.24) is 10.6 Å². The SMILES string of the molecule is C1CCOC1.CC(=O)OCCOC(C)=O.O=C1C=CC(=O)N1.O=C1C=CC(=O)N1. The molecular weight excluding hydrogens is 388 g/mol. The predicted octanol–water partition coefficient (Wildman–Crippen LogP) is -0.693. The molecule has 0 aromatic rings. The molecule has 0 unspecified atom stereocenters. The van der Waals surface area contributed by atoms with Crippen molar-refractivity contribution in [2.45, 2.75) is 26.7 Å². The maximum Gasteiger partial charge on any atom is 0.302 e. The molecule has 29 heavy (non-hydrogen) atoms. The maximum atomic E-state index is 10.1. The third-order valence-corrected chi connectivity index (χ3v) is 2.79. The van der Waals surface area contributed by atoms with Gasteiger partial charge in [-0.2, -0.15) is 0 Å². The van der Waals surface area contributed by atoms with Crippen molar-refractivity contribution in [3.05, 3.63) is 24.3 Å². The lowest BCUT2D eigenvalue weighted by atomic mass is 10.4. The van der Waals surface area contributed by atoms with E-state index < -0.39 is 0 Å². The molecule has 1 fully saturated rings. The number of carbonyl (C=O) groups is 6. The minimum absolute atomic E-state index is 0.134. The average molecular weight is 412 g/mol. The molecule has 160 valence electrons. The zero-order chi connectivity index (χ0) is 22.1. The van der Waals surface area contributed by atoms with Crippen LogP contribution in [0.25, 0.3) is 0 Å². The number of rotatable bonds is 3. The smallest absolute Gasteiger partial charge is 0.302 e. The van der Waals surface area contributed by atoms with Gasteiger partial charge >= 0.3 is 11.9 Å². The number of hydrogen-bond acceptors (Lipinski definition) is 9. The summed E-state index contributed by atoms with van der Waals surface area (Å²) in [4.78, 5) is 60.4. The monoisotopic (exact) mass is 412 g/mol. The molecule has 2 N–H and O–H groups in total. The fourth-order valence-electron chi connectivity index (χ4n) is 1.59. The van der Waals surface area contributed by atoms with Gasteiger partial charge in [-0.05, 0) is 12.8 Å². The molecule has 3 aliphatic rings. The van der Waals surface area contributed by atoms with Crippen LogP contribution in [0.2, 0.25) is 0 Å². The quantitative estimate of drug-likeness (QED) is 0.348. The van der Waals surface area contributed by atoms with Crippen molar-refractivity contribution < 1.29 is 43.0 Å². The average Bonchev–Trinajstić information content (AvgIpc) is 3.39. The van der Waals surface area contributed by atoms with Gasteiger partial charge in [0, 0.05) is 51.4 Å². The number of hydrogen-bond donors (Lipinski definition) is 2. The molecule has 0 bridgehead atoms. The number of ether oxygens (including phenoxy) is 3. The van der Waals surface area contributed by atoms with E-state index in [2.05, 4.69) is 9.47 Å². The van der Waals surface area contributed by atoms with Crippen molar-refractivity contribution in [3.8, 4) is 0 Å². The molecule has 0 saturated carbocycles. The first kappa shape index (κ1) is 25.7. The minimum Gasteiger partial charge on any atom is -0.462 e. The molecule has 0 aliphatic carbocycles. The lowest BCUT2D eigenvalue weighted by molar-refractivity contribution is -0.149. The summed E-state index contributed by atoms with van der Waals surface area (Å²) >= 11 is 0. The Labute approximate surface area is 167 Å². The van der Waals surface area contributed by atoms with E-state index in [1.54, 1.807) is 0 Å². The second-order valence-electron chi connectivity index (χ2n) is 5.37. The van der Waals surface area contributed by atoms with E-state index in [4.69, 9.17) is 4.74 Å². The van der Waals surface area contributed by atoms with Crippen molar-refractivity contribution in [3.63, 3.8) is 0 Å². The topological polar surface area (TPSA) is 154 Å². The van der Waals surface area contributed by atoms with Crippen molar-refractivity contribution in [2.75, 3.05) is 26.4 Å². The van der Waals surface area contributed by atoms with Gasteiger partial charge in [-0.15, -0.1) is 0 Å². The minimum atomic E-state index is -0.368. The van der Waals surface area contributed by atoms with Crippen molar-refractivity contribution in [1.29, 1.82) is 0 Å². The Balaban J connectivity index is 0.000000369. The van der Waals surface area contributed by atoms with Crippen LogP contribution in [0, 0.1) is 0 Å². The predicted molar refractivity (Wildman–Crippen MR) is 97.9 cm³/mol. The third-order valence-electron chi connectivity index (χ3n) is 2.79. The lowest BCUT2D eigenvalue weighted by Crippen LogP contribution is -2.19. The highest BCUT2D eigenvalue weighted by molar-refractivity contribution is 6.13. The number of esters is 2. The Kier molecular flexibility index (Phi) is 13.9. The van der Waals surface area contributed by atoms with Gasteiger partial charge in [-0.25, -0.2) is 0 Å². The maximum absolute atomic E-state index is 10.1. The lowest BCUT2D eigenvalue weighted by Gasteiger charge is -2.00. The fraction of sp³-hybridized carbons (Fsp3) is 0.444. The highest BCUT2D eigenvalue weighted by Crippen LogP contribution is 1.98. The van der Waals surface area contributed by atoms with Crippen LogP contribution in [0.5, 0.6) is 0 Å². The zero-order valence-corrected chi connectivity index (χ0v) is 16.2. The van der Waals surface area contributed by atoms with Crippen LogP contribution in [0.3, 0.4) is 0 Å². The summed E-state index contributed by atoms with van der Waals surface area (Å²) < 4.78 is 13.9. The third kappa shape index (κ3) is 17.8. The molecule has 3 aliphatic heterocycles. The summed E-state index contributed by atoms with van der Waals surface area (Å²) in [6.07, 6.45) is 7.34. The van der Waals surface area contributed by atoms with Crippen molar-refractivity contribution in [2.24, 2.45) is 0 Å². The van der Waals surface area contributed by atoms with Gasteiger partial charge in [0.1, 0.15) is 13.2 Å². The largest absolute Gasteiger partial charge is 0.462 e. The zero-order valence-electron chi connectivity index (χ0n) is 16.2. The van der Waals surface area contributed by atoms with E-state index in [0.29, 0.717) is 0 Å². The summed E-state index contributed by atoms with van der Waals surface area (Å²) in [5.41, 5.74) is 0. The van der Waals surface area contributed by atoms with E-state index in [0.717, 1.165) is 13.2 Å². The Hall–Kier alpha value is -3.34. The van der Waals surface area contributed by atoms with Crippen LogP contribution in [0.4, 0.5) is 0 Å². The van der Waals surface area contributed by atoms with Gasteiger partial charge in [0.15, 0.2) is 0 Å². The highest BCUT2D eigenvalue weighted by atomic mass is 16.6. The summed E-state index contributed by atoms with van der Waals surface area (Å²) in [7, 11) is 0. The Morgan fingerprint density at radius 1 is 0.759 bits per heavy atom. The fourth-order valence-corrected chi connectivity index (χ4v) is 1.59. The molecule has 11 heteroatoms. The molecule has 0 radical (unpaired) electrons. The summed E-state index contributed by atoms with van der Waals surface area (Å²) in [6.45, 7) is 4.87. The molecule has 11 nitrogen and oxygen atoms in total. The van der Waals surface area contributed by atoms with E-state index in [1.165, 1.54) is 51.0 Å². The second kappa shape index (κ2) is 15.7. The molecule has 4 amide bonds. The number of imide groups is 2. The van der Waals surface area contributed by atoms with Gasteiger partial charge in [-0.1, -0.05) is 0 Å². The second-order valence-corrected chi connectivity index (χ2v) is 5.37. The first-order valence-corrected chi connectivity index (χ1v) is 8.61. The summed E-state index contributed by atoms with van der Waals surface area (Å²) in [6, 6.07) is 0. The van der Waals surface area contributed by atoms with E-state index in [-0.39, 0.29) is 48.8 Å². The Bertz CT molecular complexity index is 573.